The van der Waals surface area contributed by atoms with Gasteiger partial charge in [-0.2, -0.15) is 0 Å². The third-order valence-corrected chi connectivity index (χ3v) is 2.98. The van der Waals surface area contributed by atoms with Gasteiger partial charge in [-0.15, -0.1) is 0 Å². The molecule has 0 amide bonds. The summed E-state index contributed by atoms with van der Waals surface area (Å²) >= 11 is 0. The van der Waals surface area contributed by atoms with Crippen LogP contribution in [-0.2, 0) is 9.53 Å². The second-order valence-corrected chi connectivity index (χ2v) is 4.19. The van der Waals surface area contributed by atoms with Crippen LogP contribution in [0.15, 0.2) is 24.3 Å². The third kappa shape index (κ3) is 2.77. The van der Waals surface area contributed by atoms with Crippen molar-refractivity contribution >= 4 is 5.97 Å². The Bertz CT molecular complexity index is 402. The highest BCUT2D eigenvalue weighted by Crippen LogP contribution is 2.33. The van der Waals surface area contributed by atoms with E-state index >= 15 is 0 Å². The van der Waals surface area contributed by atoms with Gasteiger partial charge in [-0.1, -0.05) is 18.2 Å². The molecule has 1 aromatic rings. The topological polar surface area (TPSA) is 55.8 Å². The molecule has 2 atom stereocenters. The van der Waals surface area contributed by atoms with Crippen LogP contribution in [0.2, 0.25) is 0 Å². The molecule has 2 rings (SSSR count). The molecule has 0 fully saturated rings. The van der Waals surface area contributed by atoms with Crippen LogP contribution < -0.4 is 4.74 Å². The van der Waals surface area contributed by atoms with Crippen LogP contribution in [0.25, 0.3) is 0 Å². The van der Waals surface area contributed by atoms with Gasteiger partial charge >= 0.3 is 5.97 Å². The van der Waals surface area contributed by atoms with Crippen molar-refractivity contribution in [1.82, 2.24) is 0 Å². The second-order valence-electron chi connectivity index (χ2n) is 4.19. The average molecular weight is 236 g/mol. The molecule has 4 nitrogen and oxygen atoms in total. The number of carbonyl (C=O) groups is 1. The molecule has 0 spiro atoms. The molecule has 1 heterocycles. The summed E-state index contributed by atoms with van der Waals surface area (Å²) in [5.41, 5.74) is 1.11. The number of hydrogen-bond acceptors (Lipinski definition) is 3. The van der Waals surface area contributed by atoms with Gasteiger partial charge in [0.1, 0.15) is 5.75 Å². The van der Waals surface area contributed by atoms with Gasteiger partial charge in [0, 0.05) is 5.92 Å². The van der Waals surface area contributed by atoms with Gasteiger partial charge in [0.2, 0.25) is 0 Å². The minimum atomic E-state index is -0.926. The largest absolute Gasteiger partial charge is 0.493 e. The molecule has 0 radical (unpaired) electrons. The van der Waals surface area contributed by atoms with Crippen LogP contribution in [0.4, 0.5) is 0 Å². The van der Waals surface area contributed by atoms with Gasteiger partial charge < -0.3 is 14.6 Å². The van der Waals surface area contributed by atoms with Gasteiger partial charge in [-0.25, -0.2) is 4.79 Å². The number of hydrogen-bond donors (Lipinski definition) is 1. The van der Waals surface area contributed by atoms with Crippen molar-refractivity contribution in [3.63, 3.8) is 0 Å². The SMILES string of the molecule is C[C@H](OCC1CCOc2ccccc21)C(=O)O. The van der Waals surface area contributed by atoms with Crippen molar-refractivity contribution < 1.29 is 19.4 Å². The second kappa shape index (κ2) is 5.19. The molecule has 1 aliphatic heterocycles. The zero-order valence-corrected chi connectivity index (χ0v) is 9.76. The standard InChI is InChI=1S/C13H16O4/c1-9(13(14)15)17-8-10-6-7-16-12-5-3-2-4-11(10)12/h2-5,9-10H,6-8H2,1H3,(H,14,15)/t9-,10?/m0/s1. The van der Waals surface area contributed by atoms with Crippen molar-refractivity contribution in [2.45, 2.75) is 25.4 Å². The van der Waals surface area contributed by atoms with Gasteiger partial charge in [0.25, 0.3) is 0 Å². The van der Waals surface area contributed by atoms with Crippen LogP contribution in [-0.4, -0.2) is 30.4 Å². The number of carboxylic acids is 1. The summed E-state index contributed by atoms with van der Waals surface area (Å²) < 4.78 is 10.9. The highest BCUT2D eigenvalue weighted by molar-refractivity contribution is 5.71. The van der Waals surface area contributed by atoms with E-state index in [1.165, 1.54) is 0 Å². The number of benzene rings is 1. The Balaban J connectivity index is 2.01. The number of rotatable bonds is 4. The number of carboxylic acid groups (broad SMARTS) is 1. The Morgan fingerprint density at radius 2 is 2.35 bits per heavy atom. The maximum absolute atomic E-state index is 10.7. The summed E-state index contributed by atoms with van der Waals surface area (Å²) in [7, 11) is 0. The first-order valence-corrected chi connectivity index (χ1v) is 5.74. The van der Waals surface area contributed by atoms with E-state index in [0.29, 0.717) is 13.2 Å². The fourth-order valence-corrected chi connectivity index (χ4v) is 1.92. The molecule has 0 saturated carbocycles. The van der Waals surface area contributed by atoms with Crippen molar-refractivity contribution in [3.8, 4) is 5.75 Å². The van der Waals surface area contributed by atoms with Crippen LogP contribution in [0.5, 0.6) is 5.75 Å². The molecule has 17 heavy (non-hydrogen) atoms. The van der Waals surface area contributed by atoms with E-state index < -0.39 is 12.1 Å². The zero-order valence-electron chi connectivity index (χ0n) is 9.76. The van der Waals surface area contributed by atoms with E-state index in [2.05, 4.69) is 0 Å². The Labute approximate surface area is 100 Å². The smallest absolute Gasteiger partial charge is 0.332 e. The summed E-state index contributed by atoms with van der Waals surface area (Å²) in [6, 6.07) is 7.83. The van der Waals surface area contributed by atoms with E-state index in [0.717, 1.165) is 17.7 Å². The number of fused-ring (bicyclic) bond motifs is 1. The molecular weight excluding hydrogens is 220 g/mol. The van der Waals surface area contributed by atoms with E-state index in [9.17, 15) is 4.79 Å². The molecule has 1 unspecified atom stereocenters. The van der Waals surface area contributed by atoms with Gasteiger partial charge in [0.15, 0.2) is 6.10 Å². The van der Waals surface area contributed by atoms with Crippen molar-refractivity contribution in [2.24, 2.45) is 0 Å². The lowest BCUT2D eigenvalue weighted by Crippen LogP contribution is -2.25. The van der Waals surface area contributed by atoms with Crippen molar-refractivity contribution in [3.05, 3.63) is 29.8 Å². The molecule has 1 aromatic carbocycles. The van der Waals surface area contributed by atoms with Gasteiger partial charge in [-0.3, -0.25) is 0 Å². The fourth-order valence-electron chi connectivity index (χ4n) is 1.92. The molecule has 1 aliphatic rings. The Kier molecular flexibility index (Phi) is 3.64. The number of ether oxygens (including phenoxy) is 2. The molecular formula is C13H16O4. The summed E-state index contributed by atoms with van der Waals surface area (Å²) in [5, 5.41) is 8.76. The predicted molar refractivity (Wildman–Crippen MR) is 62.3 cm³/mol. The van der Waals surface area contributed by atoms with Crippen LogP contribution in [0.1, 0.15) is 24.8 Å². The molecule has 4 heteroatoms. The number of para-hydroxylation sites is 1. The first-order chi connectivity index (χ1) is 8.18. The fraction of sp³-hybridized carbons (Fsp3) is 0.462. The molecule has 1 N–H and O–H groups in total. The maximum Gasteiger partial charge on any atom is 0.332 e. The highest BCUT2D eigenvalue weighted by atomic mass is 16.5. The molecule has 0 saturated heterocycles. The van der Waals surface area contributed by atoms with Crippen LogP contribution in [0, 0.1) is 0 Å². The number of aliphatic carboxylic acids is 1. The minimum absolute atomic E-state index is 0.224. The minimum Gasteiger partial charge on any atom is -0.493 e. The van der Waals surface area contributed by atoms with Crippen molar-refractivity contribution in [2.75, 3.05) is 13.2 Å². The molecule has 0 aromatic heterocycles. The highest BCUT2D eigenvalue weighted by Gasteiger charge is 2.23. The summed E-state index contributed by atoms with van der Waals surface area (Å²) in [5.74, 6) is 0.183. The first-order valence-electron chi connectivity index (χ1n) is 5.74. The lowest BCUT2D eigenvalue weighted by Gasteiger charge is -2.26. The summed E-state index contributed by atoms with van der Waals surface area (Å²) in [6.45, 7) is 2.63. The van der Waals surface area contributed by atoms with E-state index in [4.69, 9.17) is 14.6 Å². The lowest BCUT2D eigenvalue weighted by atomic mass is 9.94. The van der Waals surface area contributed by atoms with E-state index in [1.807, 2.05) is 24.3 Å². The van der Waals surface area contributed by atoms with Gasteiger partial charge in [0.05, 0.1) is 13.2 Å². The first kappa shape index (κ1) is 11.9. The zero-order chi connectivity index (χ0) is 12.3. The summed E-state index contributed by atoms with van der Waals surface area (Å²) in [6.07, 6.45) is 0.105. The third-order valence-electron chi connectivity index (χ3n) is 2.98. The Morgan fingerprint density at radius 1 is 1.59 bits per heavy atom. The molecule has 0 bridgehead atoms. The maximum atomic E-state index is 10.7. The molecule has 92 valence electrons. The van der Waals surface area contributed by atoms with Gasteiger partial charge in [-0.05, 0) is 25.0 Å². The lowest BCUT2D eigenvalue weighted by molar-refractivity contribution is -0.149. The van der Waals surface area contributed by atoms with E-state index in [1.54, 1.807) is 6.92 Å². The van der Waals surface area contributed by atoms with Crippen LogP contribution in [0.3, 0.4) is 0 Å². The Morgan fingerprint density at radius 3 is 3.12 bits per heavy atom. The average Bonchev–Trinajstić information content (AvgIpc) is 2.35. The normalized spacial score (nSPS) is 20.2. The summed E-state index contributed by atoms with van der Waals surface area (Å²) in [4.78, 5) is 10.7. The van der Waals surface area contributed by atoms with E-state index in [-0.39, 0.29) is 5.92 Å². The van der Waals surface area contributed by atoms with Crippen molar-refractivity contribution in [1.29, 1.82) is 0 Å². The molecule has 0 aliphatic carbocycles. The quantitative estimate of drug-likeness (QED) is 0.869. The van der Waals surface area contributed by atoms with Crippen LogP contribution >= 0.6 is 0 Å². The predicted octanol–water partition coefficient (Wildman–Crippen LogP) is 2.04. The monoisotopic (exact) mass is 236 g/mol. The Hall–Kier alpha value is -1.55.